The molecule has 0 aliphatic heterocycles. The molecule has 0 heterocycles. The smallest absolute Gasteiger partial charge is 0.308 e. The minimum absolute atomic E-state index is 0.197. The second kappa shape index (κ2) is 5.24. The Morgan fingerprint density at radius 3 is 2.82 bits per heavy atom. The third-order valence-corrected chi connectivity index (χ3v) is 3.76. The monoisotopic (exact) mass is 271 g/mol. The molecule has 0 spiro atoms. The first-order valence-corrected chi connectivity index (χ1v) is 6.41. The van der Waals surface area contributed by atoms with Gasteiger partial charge < -0.3 is 10.3 Å². The van der Waals surface area contributed by atoms with Gasteiger partial charge in [-0.25, -0.2) is 0 Å². The fourth-order valence-corrected chi connectivity index (χ4v) is 2.29. The van der Waals surface area contributed by atoms with E-state index in [1.807, 2.05) is 21.6 Å². The van der Waals surface area contributed by atoms with Crippen molar-refractivity contribution in [1.29, 1.82) is 0 Å². The molecule has 1 aromatic rings. The van der Waals surface area contributed by atoms with E-state index in [1.165, 1.54) is 0 Å². The Morgan fingerprint density at radius 1 is 1.59 bits per heavy atom. The average Bonchev–Trinajstić information content (AvgIpc) is 3.13. The zero-order chi connectivity index (χ0) is 12.4. The number of halogens is 1. The number of carbonyl (C=O) groups excluding carboxylic acids is 1. The first-order valence-electron chi connectivity index (χ1n) is 5.56. The molecule has 2 N–H and O–H groups in total. The lowest BCUT2D eigenvalue weighted by molar-refractivity contribution is -0.133. The number of carbonyl (C=O) groups is 1. The van der Waals surface area contributed by atoms with Gasteiger partial charge >= 0.3 is 5.97 Å². The van der Waals surface area contributed by atoms with Crippen molar-refractivity contribution >= 4 is 32.7 Å². The molecule has 1 fully saturated rings. The second-order valence-electron chi connectivity index (χ2n) is 4.42. The molecule has 0 radical (unpaired) electrons. The van der Waals surface area contributed by atoms with Gasteiger partial charge in [-0.1, -0.05) is 17.7 Å². The van der Waals surface area contributed by atoms with Crippen molar-refractivity contribution in [2.75, 3.05) is 5.73 Å². The van der Waals surface area contributed by atoms with Gasteiger partial charge in [-0.15, -0.1) is 0 Å². The summed E-state index contributed by atoms with van der Waals surface area (Å²) in [5, 5.41) is 0.553. The number of hydrogen-bond acceptors (Lipinski definition) is 3. The van der Waals surface area contributed by atoms with E-state index >= 15 is 0 Å². The molecule has 0 aromatic heterocycles. The number of hydrogen-bond donors (Lipinski definition) is 1. The predicted molar refractivity (Wildman–Crippen MR) is 71.7 cm³/mol. The summed E-state index contributed by atoms with van der Waals surface area (Å²) in [4.78, 5) is 11.4. The van der Waals surface area contributed by atoms with E-state index in [0.29, 0.717) is 23.0 Å². The molecule has 92 valence electrons. The van der Waals surface area contributed by atoms with Crippen LogP contribution in [-0.4, -0.2) is 5.97 Å². The molecule has 1 aliphatic rings. The van der Waals surface area contributed by atoms with Crippen LogP contribution in [0.2, 0.25) is 5.02 Å². The van der Waals surface area contributed by atoms with Crippen molar-refractivity contribution < 1.29 is 9.32 Å². The molecule has 1 saturated carbocycles. The summed E-state index contributed by atoms with van der Waals surface area (Å²) in [7, 11) is 2.00. The Labute approximate surface area is 108 Å². The van der Waals surface area contributed by atoms with Gasteiger partial charge in [0.2, 0.25) is 0 Å². The van der Waals surface area contributed by atoms with Crippen LogP contribution in [0.25, 0.3) is 0 Å². The molecule has 0 amide bonds. The van der Waals surface area contributed by atoms with Gasteiger partial charge in [0.15, 0.2) is 0 Å². The summed E-state index contributed by atoms with van der Waals surface area (Å²) in [6.07, 6.45) is 2.73. The van der Waals surface area contributed by atoms with Crippen LogP contribution in [0, 0.1) is 5.92 Å². The van der Waals surface area contributed by atoms with Gasteiger partial charge in [0, 0.05) is 0 Å². The Balaban J connectivity index is 2.20. The van der Waals surface area contributed by atoms with Crippen LogP contribution in [-0.2, 0) is 9.32 Å². The Hall–Kier alpha value is -0.790. The van der Waals surface area contributed by atoms with Gasteiger partial charge in [0.1, 0.15) is 0 Å². The van der Waals surface area contributed by atoms with Crippen molar-refractivity contribution in [2.24, 2.45) is 5.92 Å². The number of nitrogen functional groups attached to an aromatic ring is 1. The Kier molecular flexibility index (Phi) is 3.90. The molecule has 2 atom stereocenters. The third-order valence-electron chi connectivity index (χ3n) is 3.16. The molecule has 3 nitrogen and oxygen atoms in total. The topological polar surface area (TPSA) is 52.3 Å². The highest BCUT2D eigenvalue weighted by molar-refractivity contribution is 7.10. The summed E-state index contributed by atoms with van der Waals surface area (Å²) < 4.78 is 4.65. The highest BCUT2D eigenvalue weighted by atomic mass is 35.5. The zero-order valence-corrected chi connectivity index (χ0v) is 11.3. The summed E-state index contributed by atoms with van der Waals surface area (Å²) in [5.41, 5.74) is 7.43. The van der Waals surface area contributed by atoms with E-state index in [1.54, 1.807) is 6.07 Å². The van der Waals surface area contributed by atoms with E-state index in [4.69, 9.17) is 17.3 Å². The number of anilines is 1. The molecule has 2 rings (SSSR count). The third kappa shape index (κ3) is 3.11. The maximum absolute atomic E-state index is 11.4. The molecule has 0 bridgehead atoms. The van der Waals surface area contributed by atoms with Crippen molar-refractivity contribution in [3.63, 3.8) is 0 Å². The first-order chi connectivity index (χ1) is 8.11. The highest BCUT2D eigenvalue weighted by Crippen LogP contribution is 2.45. The van der Waals surface area contributed by atoms with Crippen LogP contribution in [0.1, 0.15) is 30.7 Å². The standard InChI is InChI=1S/C12H15ClNO2P/c13-10-4-3-8(5-11(10)14)9(7-1-2-7)6-12(15)16-17/h3-5,7,9H,1-2,6,14,17H2. The fourth-order valence-electron chi connectivity index (χ4n) is 2.08. The Bertz CT molecular complexity index is 435. The molecule has 5 heteroatoms. The highest BCUT2D eigenvalue weighted by Gasteiger charge is 2.34. The van der Waals surface area contributed by atoms with Crippen molar-refractivity contribution in [3.8, 4) is 0 Å². The number of benzene rings is 1. The number of nitrogens with two attached hydrogens (primary N) is 1. The largest absolute Gasteiger partial charge is 0.451 e. The lowest BCUT2D eigenvalue weighted by Crippen LogP contribution is -2.09. The SMILES string of the molecule is Nc1cc(C(CC(=O)OP)C2CC2)ccc1Cl. The lowest BCUT2D eigenvalue weighted by atomic mass is 9.91. The predicted octanol–water partition coefficient (Wildman–Crippen LogP) is 3.14. The van der Waals surface area contributed by atoms with Crippen molar-refractivity contribution in [1.82, 2.24) is 0 Å². The Morgan fingerprint density at radius 2 is 2.29 bits per heavy atom. The molecule has 1 aromatic carbocycles. The van der Waals surface area contributed by atoms with Crippen LogP contribution in [0.3, 0.4) is 0 Å². The zero-order valence-electron chi connectivity index (χ0n) is 9.36. The van der Waals surface area contributed by atoms with E-state index in [0.717, 1.165) is 18.4 Å². The van der Waals surface area contributed by atoms with Crippen LogP contribution >= 0.6 is 21.1 Å². The van der Waals surface area contributed by atoms with Gasteiger partial charge in [0.25, 0.3) is 0 Å². The van der Waals surface area contributed by atoms with Crippen LogP contribution in [0.15, 0.2) is 18.2 Å². The molecule has 17 heavy (non-hydrogen) atoms. The van der Waals surface area contributed by atoms with Gasteiger partial charge in [0.05, 0.1) is 26.6 Å². The van der Waals surface area contributed by atoms with Gasteiger partial charge in [-0.05, 0) is 42.4 Å². The van der Waals surface area contributed by atoms with E-state index in [9.17, 15) is 4.79 Å². The van der Waals surface area contributed by atoms with E-state index in [2.05, 4.69) is 4.52 Å². The van der Waals surface area contributed by atoms with Gasteiger partial charge in [-0.3, -0.25) is 4.79 Å². The minimum Gasteiger partial charge on any atom is -0.451 e. The molecule has 0 saturated heterocycles. The maximum Gasteiger partial charge on any atom is 0.308 e. The second-order valence-corrected chi connectivity index (χ2v) is 5.06. The molecule has 2 unspecified atom stereocenters. The van der Waals surface area contributed by atoms with Gasteiger partial charge in [-0.2, -0.15) is 0 Å². The summed E-state index contributed by atoms with van der Waals surface area (Å²) >= 11 is 5.89. The molecular weight excluding hydrogens is 257 g/mol. The van der Waals surface area contributed by atoms with Crippen LogP contribution in [0.4, 0.5) is 5.69 Å². The summed E-state index contributed by atoms with van der Waals surface area (Å²) in [5.74, 6) is 0.558. The lowest BCUT2D eigenvalue weighted by Gasteiger charge is -2.16. The quantitative estimate of drug-likeness (QED) is 0.676. The maximum atomic E-state index is 11.4. The molecule has 1 aliphatic carbocycles. The van der Waals surface area contributed by atoms with Crippen molar-refractivity contribution in [3.05, 3.63) is 28.8 Å². The molecular formula is C12H15ClNO2P. The van der Waals surface area contributed by atoms with Crippen LogP contribution in [0.5, 0.6) is 0 Å². The average molecular weight is 272 g/mol. The summed E-state index contributed by atoms with van der Waals surface area (Å²) in [6, 6.07) is 5.59. The number of rotatable bonds is 4. The van der Waals surface area contributed by atoms with Crippen molar-refractivity contribution in [2.45, 2.75) is 25.2 Å². The summed E-state index contributed by atoms with van der Waals surface area (Å²) in [6.45, 7) is 0. The minimum atomic E-state index is -0.208. The first kappa shape index (κ1) is 12.7. The fraction of sp³-hybridized carbons (Fsp3) is 0.417. The van der Waals surface area contributed by atoms with E-state index < -0.39 is 0 Å². The van der Waals surface area contributed by atoms with Crippen LogP contribution < -0.4 is 5.73 Å². The van der Waals surface area contributed by atoms with E-state index in [-0.39, 0.29) is 11.9 Å². The normalized spacial score (nSPS) is 16.6.